The average Bonchev–Trinajstić information content (AvgIpc) is 3.07. The molecule has 0 spiro atoms. The fraction of sp³-hybridized carbons (Fsp3) is 0.636. The smallest absolute Gasteiger partial charge is 0.467 e. The maximum Gasteiger partial charge on any atom is 0.524 e. The van der Waals surface area contributed by atoms with Crippen LogP contribution >= 0.6 is 7.82 Å². The number of rotatable bonds is 24. The molecule has 0 aliphatic heterocycles. The molecule has 19 nitrogen and oxygen atoms in total. The van der Waals surface area contributed by atoms with E-state index in [0.29, 0.717) is 44.3 Å². The number of nitrogens with two attached hydrogens (primary N) is 2. The van der Waals surface area contributed by atoms with Crippen molar-refractivity contribution in [1.82, 2.24) is 26.6 Å². The van der Waals surface area contributed by atoms with E-state index in [1.54, 1.807) is 13.8 Å². The van der Waals surface area contributed by atoms with Crippen LogP contribution in [0.25, 0.3) is 0 Å². The molecular formula is C33H56N7O12P. The van der Waals surface area contributed by atoms with Gasteiger partial charge in [0.25, 0.3) is 0 Å². The third-order valence-electron chi connectivity index (χ3n) is 7.92. The number of hydrogen-bond acceptors (Lipinski definition) is 12. The number of carbonyl (C=O) groups is 6. The lowest BCUT2D eigenvalue weighted by Gasteiger charge is -2.29. The normalized spacial score (nSPS) is 14.8. The monoisotopic (exact) mass is 773 g/mol. The lowest BCUT2D eigenvalue weighted by Crippen LogP contribution is -2.61. The Kier molecular flexibility index (Phi) is 20.8. The van der Waals surface area contributed by atoms with Gasteiger partial charge in [-0.25, -0.2) is 9.36 Å². The SMILES string of the molecule is COC(=O)[C@H](CCCCN)NC(=O)[C@@H](NC(=O)[C@@H](CCCCN)NC(=O)[C@@H](NC(=O)[C@@H](Cc1ccc(OP(=O)(O)O)cc1)NC(C)=O)C(C)C)[C@@H](C)O. The fourth-order valence-corrected chi connectivity index (χ4v) is 5.53. The molecule has 5 amide bonds. The van der Waals surface area contributed by atoms with Crippen molar-refractivity contribution in [2.75, 3.05) is 20.2 Å². The second kappa shape index (κ2) is 23.5. The summed E-state index contributed by atoms with van der Waals surface area (Å²) in [6.07, 6.45) is 0.799. The molecule has 0 fully saturated rings. The highest BCUT2D eigenvalue weighted by atomic mass is 31.2. The fourth-order valence-electron chi connectivity index (χ4n) is 5.13. The van der Waals surface area contributed by atoms with E-state index in [-0.39, 0.29) is 25.0 Å². The zero-order chi connectivity index (χ0) is 40.3. The summed E-state index contributed by atoms with van der Waals surface area (Å²) in [7, 11) is -3.63. The number of unbranched alkanes of at least 4 members (excludes halogenated alkanes) is 2. The molecule has 0 saturated heterocycles. The molecule has 20 heteroatoms. The van der Waals surface area contributed by atoms with Gasteiger partial charge < -0.3 is 52.4 Å². The minimum atomic E-state index is -4.79. The number of esters is 1. The number of amides is 5. The highest BCUT2D eigenvalue weighted by Crippen LogP contribution is 2.37. The zero-order valence-corrected chi connectivity index (χ0v) is 31.7. The lowest BCUT2D eigenvalue weighted by molar-refractivity contribution is -0.146. The van der Waals surface area contributed by atoms with Gasteiger partial charge in [-0.1, -0.05) is 26.0 Å². The number of phosphoric ester groups is 1. The Morgan fingerprint density at radius 2 is 1.21 bits per heavy atom. The van der Waals surface area contributed by atoms with Crippen molar-refractivity contribution in [2.24, 2.45) is 17.4 Å². The average molecular weight is 774 g/mol. The largest absolute Gasteiger partial charge is 0.524 e. The summed E-state index contributed by atoms with van der Waals surface area (Å²) in [6, 6.07) is -0.730. The Bertz CT molecular complexity index is 1410. The van der Waals surface area contributed by atoms with Gasteiger partial charge in [-0.15, -0.1) is 0 Å². The van der Waals surface area contributed by atoms with E-state index in [9.17, 15) is 38.4 Å². The van der Waals surface area contributed by atoms with Crippen molar-refractivity contribution in [3.8, 4) is 5.75 Å². The number of aliphatic hydroxyl groups is 1. The van der Waals surface area contributed by atoms with Gasteiger partial charge in [0, 0.05) is 13.3 Å². The predicted molar refractivity (Wildman–Crippen MR) is 192 cm³/mol. The van der Waals surface area contributed by atoms with E-state index in [1.807, 2.05) is 0 Å². The number of hydrogen-bond donors (Lipinski definition) is 10. The predicted octanol–water partition coefficient (Wildman–Crippen LogP) is -1.39. The Balaban J connectivity index is 3.20. The van der Waals surface area contributed by atoms with Crippen LogP contribution in [0.2, 0.25) is 0 Å². The van der Waals surface area contributed by atoms with Crippen LogP contribution in [0.3, 0.4) is 0 Å². The quantitative estimate of drug-likeness (QED) is 0.0329. The third-order valence-corrected chi connectivity index (χ3v) is 8.37. The van der Waals surface area contributed by atoms with Crippen LogP contribution in [0.5, 0.6) is 5.75 Å². The van der Waals surface area contributed by atoms with Gasteiger partial charge in [-0.3, -0.25) is 33.8 Å². The highest BCUT2D eigenvalue weighted by Gasteiger charge is 2.35. The molecule has 0 bridgehead atoms. The van der Waals surface area contributed by atoms with E-state index in [4.69, 9.17) is 26.0 Å². The summed E-state index contributed by atoms with van der Waals surface area (Å²) in [5.74, 6) is -5.04. The van der Waals surface area contributed by atoms with Crippen molar-refractivity contribution in [2.45, 2.75) is 109 Å². The first-order valence-electron chi connectivity index (χ1n) is 17.3. The molecule has 12 N–H and O–H groups in total. The minimum absolute atomic E-state index is 0.0647. The Hall–Kier alpha value is -4.13. The summed E-state index contributed by atoms with van der Waals surface area (Å²) >= 11 is 0. The van der Waals surface area contributed by atoms with Crippen molar-refractivity contribution in [3.63, 3.8) is 0 Å². The molecule has 0 aromatic heterocycles. The minimum Gasteiger partial charge on any atom is -0.467 e. The van der Waals surface area contributed by atoms with Crippen LogP contribution in [-0.2, 0) is 44.5 Å². The summed E-state index contributed by atoms with van der Waals surface area (Å²) < 4.78 is 20.4. The molecule has 0 saturated carbocycles. The van der Waals surface area contributed by atoms with Gasteiger partial charge in [0.15, 0.2) is 0 Å². The molecule has 53 heavy (non-hydrogen) atoms. The van der Waals surface area contributed by atoms with Crippen LogP contribution < -0.4 is 42.6 Å². The summed E-state index contributed by atoms with van der Waals surface area (Å²) in [4.78, 5) is 96.3. The van der Waals surface area contributed by atoms with Gasteiger partial charge in [-0.2, -0.15) is 0 Å². The number of methoxy groups -OCH3 is 1. The standard InChI is InChI=1S/C33H56N7O12P/c1-19(2)27(39-30(44)26(36-21(4)42)18-22-12-14-23(15-13-22)52-53(48,49)50)31(45)37-24(10-6-8-16-34)29(43)40-28(20(3)41)32(46)38-25(33(47)51-5)11-7-9-17-35/h12-15,19-20,24-28,41H,6-11,16-18,34-35H2,1-5H3,(H,36,42)(H,37,45)(H,38,46)(H,39,44)(H,40,43)(H2,48,49,50)/t20-,24-,25+,26-,27+,28+/m1/s1. The lowest BCUT2D eigenvalue weighted by atomic mass is 9.99. The summed E-state index contributed by atoms with van der Waals surface area (Å²) in [6.45, 7) is 6.45. The Morgan fingerprint density at radius 3 is 1.68 bits per heavy atom. The van der Waals surface area contributed by atoms with Crippen molar-refractivity contribution in [3.05, 3.63) is 29.8 Å². The molecule has 0 aliphatic carbocycles. The highest BCUT2D eigenvalue weighted by molar-refractivity contribution is 7.46. The van der Waals surface area contributed by atoms with Crippen LogP contribution in [0.4, 0.5) is 0 Å². The number of ether oxygens (including phenoxy) is 1. The van der Waals surface area contributed by atoms with Crippen LogP contribution in [0.1, 0.15) is 71.8 Å². The first-order valence-corrected chi connectivity index (χ1v) is 18.8. The van der Waals surface area contributed by atoms with E-state index < -0.39 is 85.6 Å². The van der Waals surface area contributed by atoms with Gasteiger partial charge in [0.2, 0.25) is 29.5 Å². The maximum absolute atomic E-state index is 13.7. The maximum atomic E-state index is 13.7. The van der Waals surface area contributed by atoms with Crippen molar-refractivity contribution >= 4 is 43.3 Å². The molecule has 1 aromatic rings. The molecule has 1 rings (SSSR count). The van der Waals surface area contributed by atoms with Gasteiger partial charge in [0.05, 0.1) is 13.2 Å². The third kappa shape index (κ3) is 18.0. The molecule has 1 aromatic carbocycles. The number of benzene rings is 1. The first-order chi connectivity index (χ1) is 24.8. The molecule has 0 radical (unpaired) electrons. The summed E-state index contributed by atoms with van der Waals surface area (Å²) in [5, 5.41) is 23.2. The molecular weight excluding hydrogens is 717 g/mol. The van der Waals surface area contributed by atoms with E-state index in [0.717, 1.165) is 7.11 Å². The summed E-state index contributed by atoms with van der Waals surface area (Å²) in [5.41, 5.74) is 11.7. The van der Waals surface area contributed by atoms with Crippen molar-refractivity contribution in [1.29, 1.82) is 0 Å². The number of phosphoric acid groups is 1. The van der Waals surface area contributed by atoms with Gasteiger partial charge >= 0.3 is 13.8 Å². The first kappa shape index (κ1) is 46.9. The number of carbonyl (C=O) groups excluding carboxylic acids is 6. The van der Waals surface area contributed by atoms with Crippen molar-refractivity contribution < 1.29 is 57.5 Å². The second-order valence-electron chi connectivity index (χ2n) is 12.9. The van der Waals surface area contributed by atoms with Crippen LogP contribution in [-0.4, -0.2) is 107 Å². The number of aliphatic hydroxyl groups excluding tert-OH is 1. The molecule has 0 unspecified atom stereocenters. The topological polar surface area (TPSA) is 311 Å². The van der Waals surface area contributed by atoms with Crippen LogP contribution in [0.15, 0.2) is 24.3 Å². The van der Waals surface area contributed by atoms with Gasteiger partial charge in [-0.05, 0) is 82.2 Å². The van der Waals surface area contributed by atoms with Gasteiger partial charge in [0.1, 0.15) is 36.0 Å². The molecule has 6 atom stereocenters. The van der Waals surface area contributed by atoms with E-state index >= 15 is 0 Å². The van der Waals surface area contributed by atoms with E-state index in [2.05, 4.69) is 31.1 Å². The molecule has 0 aliphatic rings. The van der Waals surface area contributed by atoms with Crippen LogP contribution in [0, 0.1) is 5.92 Å². The zero-order valence-electron chi connectivity index (χ0n) is 30.8. The molecule has 300 valence electrons. The Morgan fingerprint density at radius 1 is 0.717 bits per heavy atom. The second-order valence-corrected chi connectivity index (χ2v) is 14.0. The number of nitrogens with one attached hydrogen (secondary N) is 5. The molecule has 0 heterocycles. The van der Waals surface area contributed by atoms with E-state index in [1.165, 1.54) is 38.1 Å². The Labute approximate surface area is 309 Å².